The summed E-state index contributed by atoms with van der Waals surface area (Å²) in [5.41, 5.74) is 3.81. The van der Waals surface area contributed by atoms with Crippen LogP contribution in [-0.4, -0.2) is 30.3 Å². The molecule has 118 valence electrons. The SMILES string of the molecule is Cc1cn[nH]c1Nc1nccc(-c2cccc(-c3ccon3)n2)n1. The van der Waals surface area contributed by atoms with Gasteiger partial charge in [0.1, 0.15) is 17.8 Å². The molecule has 0 aliphatic rings. The van der Waals surface area contributed by atoms with Crippen LogP contribution in [0.3, 0.4) is 0 Å². The Kier molecular flexibility index (Phi) is 3.47. The smallest absolute Gasteiger partial charge is 0.228 e. The summed E-state index contributed by atoms with van der Waals surface area (Å²) in [6.07, 6.45) is 4.93. The lowest BCUT2D eigenvalue weighted by Crippen LogP contribution is -2.00. The van der Waals surface area contributed by atoms with E-state index in [1.54, 1.807) is 24.5 Å². The first-order valence-electron chi connectivity index (χ1n) is 7.28. The minimum absolute atomic E-state index is 0.466. The summed E-state index contributed by atoms with van der Waals surface area (Å²) in [5, 5.41) is 13.8. The van der Waals surface area contributed by atoms with Crippen molar-refractivity contribution in [1.29, 1.82) is 0 Å². The van der Waals surface area contributed by atoms with Gasteiger partial charge in [0.05, 0.1) is 23.3 Å². The standard InChI is InChI=1S/C16H13N7O/c1-10-9-18-22-15(10)21-16-17-7-5-13(20-16)11-3-2-4-12(19-11)14-6-8-24-23-14/h2-9H,1H3,(H2,17,18,20,21,22). The van der Waals surface area contributed by atoms with Crippen LogP contribution in [0.2, 0.25) is 0 Å². The molecule has 0 aromatic carbocycles. The quantitative estimate of drug-likeness (QED) is 0.595. The number of hydrogen-bond donors (Lipinski definition) is 2. The van der Waals surface area contributed by atoms with Crippen molar-refractivity contribution < 1.29 is 4.52 Å². The van der Waals surface area contributed by atoms with E-state index in [1.165, 1.54) is 6.26 Å². The van der Waals surface area contributed by atoms with Crippen molar-refractivity contribution in [2.75, 3.05) is 5.32 Å². The van der Waals surface area contributed by atoms with Crippen LogP contribution in [0.4, 0.5) is 11.8 Å². The predicted molar refractivity (Wildman–Crippen MR) is 87.4 cm³/mol. The number of aryl methyl sites for hydroxylation is 1. The minimum Gasteiger partial charge on any atom is -0.364 e. The second-order valence-corrected chi connectivity index (χ2v) is 5.11. The molecular weight excluding hydrogens is 306 g/mol. The normalized spacial score (nSPS) is 10.7. The van der Waals surface area contributed by atoms with Crippen LogP contribution in [0.15, 0.2) is 53.5 Å². The molecular formula is C16H13N7O. The third-order valence-electron chi connectivity index (χ3n) is 3.43. The first-order chi connectivity index (χ1) is 11.8. The van der Waals surface area contributed by atoms with E-state index in [-0.39, 0.29) is 0 Å². The van der Waals surface area contributed by atoms with Crippen molar-refractivity contribution in [3.63, 3.8) is 0 Å². The molecule has 0 unspecified atom stereocenters. The largest absolute Gasteiger partial charge is 0.364 e. The van der Waals surface area contributed by atoms with Crippen LogP contribution in [0.1, 0.15) is 5.56 Å². The van der Waals surface area contributed by atoms with Crippen molar-refractivity contribution in [3.8, 4) is 22.8 Å². The Morgan fingerprint density at radius 2 is 1.83 bits per heavy atom. The lowest BCUT2D eigenvalue weighted by Gasteiger charge is -2.06. The van der Waals surface area contributed by atoms with E-state index >= 15 is 0 Å². The first-order valence-corrected chi connectivity index (χ1v) is 7.28. The number of aromatic amines is 1. The molecule has 0 saturated heterocycles. The highest BCUT2D eigenvalue weighted by molar-refractivity contribution is 5.62. The van der Waals surface area contributed by atoms with Gasteiger partial charge in [0.15, 0.2) is 0 Å². The number of H-pyrrole nitrogens is 1. The van der Waals surface area contributed by atoms with Gasteiger partial charge in [-0.25, -0.2) is 15.0 Å². The zero-order valence-electron chi connectivity index (χ0n) is 12.8. The molecule has 2 N–H and O–H groups in total. The summed E-state index contributed by atoms with van der Waals surface area (Å²) in [4.78, 5) is 13.3. The first kappa shape index (κ1) is 14.1. The highest BCUT2D eigenvalue weighted by atomic mass is 16.5. The van der Waals surface area contributed by atoms with Crippen LogP contribution >= 0.6 is 0 Å². The number of anilines is 2. The van der Waals surface area contributed by atoms with Gasteiger partial charge in [0.25, 0.3) is 0 Å². The van der Waals surface area contributed by atoms with Crippen molar-refractivity contribution >= 4 is 11.8 Å². The topological polar surface area (TPSA) is 105 Å². The molecule has 0 aliphatic carbocycles. The zero-order valence-corrected chi connectivity index (χ0v) is 12.8. The van der Waals surface area contributed by atoms with Gasteiger partial charge >= 0.3 is 0 Å². The van der Waals surface area contributed by atoms with Gasteiger partial charge in [-0.3, -0.25) is 5.10 Å². The maximum atomic E-state index is 4.87. The molecule has 0 fully saturated rings. The van der Waals surface area contributed by atoms with E-state index in [1.807, 2.05) is 25.1 Å². The molecule has 0 radical (unpaired) electrons. The fraction of sp³-hybridized carbons (Fsp3) is 0.0625. The second kappa shape index (κ2) is 5.92. The summed E-state index contributed by atoms with van der Waals surface area (Å²) in [5.74, 6) is 1.23. The Bertz CT molecular complexity index is 962. The summed E-state index contributed by atoms with van der Waals surface area (Å²) in [7, 11) is 0. The zero-order chi connectivity index (χ0) is 16.4. The monoisotopic (exact) mass is 319 g/mol. The van der Waals surface area contributed by atoms with Gasteiger partial charge in [0, 0.05) is 17.8 Å². The summed E-state index contributed by atoms with van der Waals surface area (Å²) in [6, 6.07) is 9.23. The third-order valence-corrected chi connectivity index (χ3v) is 3.43. The fourth-order valence-electron chi connectivity index (χ4n) is 2.21. The van der Waals surface area contributed by atoms with E-state index < -0.39 is 0 Å². The molecule has 0 amide bonds. The Morgan fingerprint density at radius 1 is 1.00 bits per heavy atom. The molecule has 8 nitrogen and oxygen atoms in total. The highest BCUT2D eigenvalue weighted by Crippen LogP contribution is 2.21. The van der Waals surface area contributed by atoms with Gasteiger partial charge in [0.2, 0.25) is 5.95 Å². The van der Waals surface area contributed by atoms with Crippen molar-refractivity contribution in [1.82, 2.24) is 30.3 Å². The summed E-state index contributed by atoms with van der Waals surface area (Å²) in [6.45, 7) is 1.94. The van der Waals surface area contributed by atoms with Crippen molar-refractivity contribution in [3.05, 3.63) is 54.6 Å². The molecule has 0 spiro atoms. The molecule has 8 heteroatoms. The van der Waals surface area contributed by atoms with Gasteiger partial charge in [-0.15, -0.1) is 0 Å². The maximum absolute atomic E-state index is 4.87. The van der Waals surface area contributed by atoms with E-state index in [9.17, 15) is 0 Å². The average Bonchev–Trinajstić information content (AvgIpc) is 3.28. The van der Waals surface area contributed by atoms with Crippen LogP contribution in [-0.2, 0) is 0 Å². The molecule has 0 saturated carbocycles. The van der Waals surface area contributed by atoms with E-state index in [4.69, 9.17) is 4.52 Å². The molecule has 0 atom stereocenters. The average molecular weight is 319 g/mol. The van der Waals surface area contributed by atoms with Gasteiger partial charge in [-0.2, -0.15) is 5.10 Å². The van der Waals surface area contributed by atoms with Gasteiger partial charge in [-0.1, -0.05) is 11.2 Å². The summed E-state index contributed by atoms with van der Waals surface area (Å²) < 4.78 is 4.87. The summed E-state index contributed by atoms with van der Waals surface area (Å²) >= 11 is 0. The number of nitrogens with one attached hydrogen (secondary N) is 2. The number of pyridine rings is 1. The molecule has 4 aromatic heterocycles. The minimum atomic E-state index is 0.466. The van der Waals surface area contributed by atoms with Crippen LogP contribution in [0.5, 0.6) is 0 Å². The fourth-order valence-corrected chi connectivity index (χ4v) is 2.21. The number of nitrogens with zero attached hydrogens (tertiary/aromatic N) is 5. The second-order valence-electron chi connectivity index (χ2n) is 5.11. The van der Waals surface area contributed by atoms with E-state index in [0.29, 0.717) is 17.3 Å². The molecule has 4 rings (SSSR count). The molecule has 0 bridgehead atoms. The Morgan fingerprint density at radius 3 is 2.58 bits per heavy atom. The number of hydrogen-bond acceptors (Lipinski definition) is 7. The Hall–Kier alpha value is -3.55. The van der Waals surface area contributed by atoms with Crippen LogP contribution < -0.4 is 5.32 Å². The molecule has 24 heavy (non-hydrogen) atoms. The van der Waals surface area contributed by atoms with Crippen LogP contribution in [0, 0.1) is 6.92 Å². The van der Waals surface area contributed by atoms with E-state index in [2.05, 4.69) is 35.6 Å². The lowest BCUT2D eigenvalue weighted by atomic mass is 10.2. The van der Waals surface area contributed by atoms with Crippen molar-refractivity contribution in [2.24, 2.45) is 0 Å². The Balaban J connectivity index is 1.66. The lowest BCUT2D eigenvalue weighted by molar-refractivity contribution is 0.422. The maximum Gasteiger partial charge on any atom is 0.228 e. The number of rotatable bonds is 4. The molecule has 0 aliphatic heterocycles. The third kappa shape index (κ3) is 2.72. The highest BCUT2D eigenvalue weighted by Gasteiger charge is 2.09. The number of aromatic nitrogens is 6. The molecule has 4 aromatic rings. The van der Waals surface area contributed by atoms with Gasteiger partial charge < -0.3 is 9.84 Å². The molecule has 4 heterocycles. The van der Waals surface area contributed by atoms with E-state index in [0.717, 1.165) is 22.8 Å². The van der Waals surface area contributed by atoms with Gasteiger partial charge in [-0.05, 0) is 25.1 Å². The Labute approximate surface area is 137 Å². The van der Waals surface area contributed by atoms with Crippen LogP contribution in [0.25, 0.3) is 22.8 Å². The van der Waals surface area contributed by atoms with Crippen molar-refractivity contribution in [2.45, 2.75) is 6.92 Å². The predicted octanol–water partition coefficient (Wildman–Crippen LogP) is 2.97.